The highest BCUT2D eigenvalue weighted by Gasteiger charge is 2.10. The molecule has 2 unspecified atom stereocenters. The van der Waals surface area contributed by atoms with Crippen molar-refractivity contribution in [2.75, 3.05) is 13.2 Å². The molecule has 0 fully saturated rings. The van der Waals surface area contributed by atoms with Crippen molar-refractivity contribution in [3.8, 4) is 0 Å². The van der Waals surface area contributed by atoms with Crippen LogP contribution in [0.1, 0.15) is 31.7 Å². The van der Waals surface area contributed by atoms with Gasteiger partial charge in [0.25, 0.3) is 0 Å². The van der Waals surface area contributed by atoms with Crippen molar-refractivity contribution in [3.05, 3.63) is 16.6 Å². The fraction of sp³-hybridized carbons (Fsp3) is 0.700. The minimum atomic E-state index is 0.359. The number of aromatic nitrogens is 1. The second-order valence-corrected chi connectivity index (χ2v) is 4.27. The lowest BCUT2D eigenvalue weighted by molar-refractivity contribution is 0.124. The van der Waals surface area contributed by atoms with Gasteiger partial charge < -0.3 is 10.1 Å². The van der Waals surface area contributed by atoms with E-state index in [9.17, 15) is 0 Å². The lowest BCUT2D eigenvalue weighted by atomic mass is 10.2. The molecule has 0 bridgehead atoms. The zero-order valence-electron chi connectivity index (χ0n) is 8.99. The minimum absolute atomic E-state index is 0.359. The molecule has 0 saturated heterocycles. The van der Waals surface area contributed by atoms with E-state index < -0.39 is 0 Å². The summed E-state index contributed by atoms with van der Waals surface area (Å²) in [6.45, 7) is 7.84. The zero-order chi connectivity index (χ0) is 10.4. The Morgan fingerprint density at radius 3 is 2.93 bits per heavy atom. The second kappa shape index (κ2) is 6.11. The molecule has 0 spiro atoms. The van der Waals surface area contributed by atoms with Crippen molar-refractivity contribution < 1.29 is 4.74 Å². The Labute approximate surface area is 89.5 Å². The van der Waals surface area contributed by atoms with E-state index in [0.717, 1.165) is 13.2 Å². The topological polar surface area (TPSA) is 34.1 Å². The average Bonchev–Trinajstić information content (AvgIpc) is 2.67. The monoisotopic (exact) mass is 214 g/mol. The van der Waals surface area contributed by atoms with E-state index in [-0.39, 0.29) is 0 Å². The predicted molar refractivity (Wildman–Crippen MR) is 59.6 cm³/mol. The van der Waals surface area contributed by atoms with Gasteiger partial charge in [0.05, 0.1) is 12.1 Å². The number of ether oxygens (including phenoxy) is 1. The Kier molecular flexibility index (Phi) is 5.07. The van der Waals surface area contributed by atoms with Crippen LogP contribution in [-0.4, -0.2) is 24.2 Å². The van der Waals surface area contributed by atoms with Crippen molar-refractivity contribution in [1.29, 1.82) is 0 Å². The van der Waals surface area contributed by atoms with Gasteiger partial charge in [-0.2, -0.15) is 0 Å². The van der Waals surface area contributed by atoms with Gasteiger partial charge in [-0.25, -0.2) is 0 Å². The number of nitrogens with zero attached hydrogens (tertiary/aromatic N) is 1. The van der Waals surface area contributed by atoms with E-state index in [2.05, 4.69) is 24.1 Å². The number of nitrogens with one attached hydrogen (secondary N) is 1. The van der Waals surface area contributed by atoms with Crippen LogP contribution in [0.4, 0.5) is 0 Å². The first-order valence-corrected chi connectivity index (χ1v) is 5.84. The standard InChI is InChI=1S/C10H18N2OS/c1-4-13-6-8(2)12-9(3)10-5-11-7-14-10/h5,7-9,12H,4,6H2,1-3H3. The molecule has 0 aliphatic rings. The van der Waals surface area contributed by atoms with Crippen molar-refractivity contribution in [1.82, 2.24) is 10.3 Å². The molecule has 0 saturated carbocycles. The maximum Gasteiger partial charge on any atom is 0.0794 e. The zero-order valence-corrected chi connectivity index (χ0v) is 9.80. The quantitative estimate of drug-likeness (QED) is 0.788. The molecule has 1 heterocycles. The average molecular weight is 214 g/mol. The molecular weight excluding hydrogens is 196 g/mol. The van der Waals surface area contributed by atoms with Crippen LogP contribution < -0.4 is 5.32 Å². The molecule has 1 rings (SSSR count). The number of thiazole rings is 1. The molecule has 1 N–H and O–H groups in total. The summed E-state index contributed by atoms with van der Waals surface area (Å²) in [5.74, 6) is 0. The number of rotatable bonds is 6. The van der Waals surface area contributed by atoms with E-state index in [1.807, 2.05) is 18.6 Å². The van der Waals surface area contributed by atoms with Gasteiger partial charge in [-0.1, -0.05) is 0 Å². The van der Waals surface area contributed by atoms with Crippen molar-refractivity contribution in [3.63, 3.8) is 0 Å². The summed E-state index contributed by atoms with van der Waals surface area (Å²) in [5, 5.41) is 3.46. The number of hydrogen-bond donors (Lipinski definition) is 1. The highest BCUT2D eigenvalue weighted by Crippen LogP contribution is 2.16. The Hall–Kier alpha value is -0.450. The fourth-order valence-electron chi connectivity index (χ4n) is 1.29. The van der Waals surface area contributed by atoms with Crippen molar-refractivity contribution >= 4 is 11.3 Å². The predicted octanol–water partition coefficient (Wildman–Crippen LogP) is 2.22. The summed E-state index contributed by atoms with van der Waals surface area (Å²) in [7, 11) is 0. The van der Waals surface area contributed by atoms with Gasteiger partial charge in [-0.05, 0) is 20.8 Å². The van der Waals surface area contributed by atoms with Gasteiger partial charge in [0.15, 0.2) is 0 Å². The maximum absolute atomic E-state index is 5.34. The first-order valence-electron chi connectivity index (χ1n) is 4.96. The van der Waals surface area contributed by atoms with E-state index in [1.165, 1.54) is 4.88 Å². The summed E-state index contributed by atoms with van der Waals surface area (Å²) < 4.78 is 5.34. The van der Waals surface area contributed by atoms with Crippen molar-refractivity contribution in [2.45, 2.75) is 32.9 Å². The molecule has 0 amide bonds. The molecule has 14 heavy (non-hydrogen) atoms. The van der Waals surface area contributed by atoms with Gasteiger partial charge >= 0.3 is 0 Å². The largest absolute Gasteiger partial charge is 0.380 e. The Morgan fingerprint density at radius 1 is 1.57 bits per heavy atom. The van der Waals surface area contributed by atoms with E-state index in [1.54, 1.807) is 11.3 Å². The van der Waals surface area contributed by atoms with Crippen LogP contribution in [0.25, 0.3) is 0 Å². The first kappa shape index (κ1) is 11.6. The molecule has 3 nitrogen and oxygen atoms in total. The summed E-state index contributed by atoms with van der Waals surface area (Å²) >= 11 is 1.68. The highest BCUT2D eigenvalue weighted by molar-refractivity contribution is 7.09. The van der Waals surface area contributed by atoms with Crippen molar-refractivity contribution in [2.24, 2.45) is 0 Å². The first-order chi connectivity index (χ1) is 6.74. The molecule has 1 aromatic rings. The van der Waals surface area contributed by atoms with E-state index in [0.29, 0.717) is 12.1 Å². The van der Waals surface area contributed by atoms with Gasteiger partial charge in [-0.3, -0.25) is 4.98 Å². The second-order valence-electron chi connectivity index (χ2n) is 3.35. The van der Waals surface area contributed by atoms with Crippen LogP contribution in [0.3, 0.4) is 0 Å². The molecule has 0 aromatic carbocycles. The minimum Gasteiger partial charge on any atom is -0.380 e. The van der Waals surface area contributed by atoms with Gasteiger partial charge in [-0.15, -0.1) is 11.3 Å². The van der Waals surface area contributed by atoms with Crippen LogP contribution in [0.15, 0.2) is 11.7 Å². The fourth-order valence-corrected chi connectivity index (χ4v) is 1.93. The Balaban J connectivity index is 2.29. The van der Waals surface area contributed by atoms with Crippen LogP contribution in [0.5, 0.6) is 0 Å². The highest BCUT2D eigenvalue weighted by atomic mass is 32.1. The van der Waals surface area contributed by atoms with Gasteiger partial charge in [0.1, 0.15) is 0 Å². The van der Waals surface area contributed by atoms with Crippen LogP contribution in [0.2, 0.25) is 0 Å². The third-order valence-corrected chi connectivity index (χ3v) is 2.94. The number of hydrogen-bond acceptors (Lipinski definition) is 4. The molecule has 2 atom stereocenters. The Morgan fingerprint density at radius 2 is 2.36 bits per heavy atom. The molecule has 4 heteroatoms. The molecule has 80 valence electrons. The van der Waals surface area contributed by atoms with Crippen LogP contribution >= 0.6 is 11.3 Å². The lowest BCUT2D eigenvalue weighted by Crippen LogP contribution is -2.32. The smallest absolute Gasteiger partial charge is 0.0794 e. The van der Waals surface area contributed by atoms with Gasteiger partial charge in [0, 0.05) is 29.8 Å². The Bertz CT molecular complexity index is 238. The normalized spacial score (nSPS) is 15.4. The summed E-state index contributed by atoms with van der Waals surface area (Å²) in [6, 6.07) is 0.741. The summed E-state index contributed by atoms with van der Waals surface area (Å²) in [4.78, 5) is 5.33. The molecule has 0 aliphatic carbocycles. The lowest BCUT2D eigenvalue weighted by Gasteiger charge is -2.18. The maximum atomic E-state index is 5.34. The molecule has 1 aromatic heterocycles. The van der Waals surface area contributed by atoms with E-state index in [4.69, 9.17) is 4.74 Å². The molecule has 0 aliphatic heterocycles. The SMILES string of the molecule is CCOCC(C)NC(C)c1cncs1. The molecular formula is C10H18N2OS. The third kappa shape index (κ3) is 3.74. The summed E-state index contributed by atoms with van der Waals surface area (Å²) in [5.41, 5.74) is 1.86. The van der Waals surface area contributed by atoms with Crippen LogP contribution in [-0.2, 0) is 4.74 Å². The summed E-state index contributed by atoms with van der Waals surface area (Å²) in [6.07, 6.45) is 1.91. The third-order valence-electron chi connectivity index (χ3n) is 1.98. The van der Waals surface area contributed by atoms with Gasteiger partial charge in [0.2, 0.25) is 0 Å². The van der Waals surface area contributed by atoms with Crippen LogP contribution in [0, 0.1) is 0 Å². The molecule has 0 radical (unpaired) electrons. The van der Waals surface area contributed by atoms with E-state index >= 15 is 0 Å².